The van der Waals surface area contributed by atoms with Crippen molar-refractivity contribution in [3.8, 4) is 5.69 Å². The fourth-order valence-corrected chi connectivity index (χ4v) is 4.61. The van der Waals surface area contributed by atoms with E-state index in [0.717, 1.165) is 35.2 Å². The maximum Gasteiger partial charge on any atom is 0.242 e. The topological polar surface area (TPSA) is 117 Å². The summed E-state index contributed by atoms with van der Waals surface area (Å²) in [5.41, 5.74) is 4.05. The van der Waals surface area contributed by atoms with Gasteiger partial charge in [-0.15, -0.1) is 0 Å². The number of H-pyrrole nitrogens is 1. The number of nitrogens with zero attached hydrogens (tertiary/aromatic N) is 3. The summed E-state index contributed by atoms with van der Waals surface area (Å²) in [6, 6.07) is 13.0. The molecule has 4 aromatic rings. The Morgan fingerprint density at radius 1 is 1.20 bits per heavy atom. The average Bonchev–Trinajstić information content (AvgIpc) is 3.57. The van der Waals surface area contributed by atoms with Crippen molar-refractivity contribution < 1.29 is 9.59 Å². The second kappa shape index (κ2) is 10.1. The van der Waals surface area contributed by atoms with Crippen LogP contribution in [-0.4, -0.2) is 50.2 Å². The Balaban J connectivity index is 1.15. The number of amides is 2. The molecule has 4 N–H and O–H groups in total. The Labute approximate surface area is 203 Å². The van der Waals surface area contributed by atoms with Crippen molar-refractivity contribution >= 4 is 22.7 Å². The van der Waals surface area contributed by atoms with Gasteiger partial charge in [0.1, 0.15) is 6.04 Å². The largest absolute Gasteiger partial charge is 0.357 e. The summed E-state index contributed by atoms with van der Waals surface area (Å²) in [5.74, 6) is -0.130. The number of aromatic amines is 1. The number of aromatic nitrogens is 4. The summed E-state index contributed by atoms with van der Waals surface area (Å²) in [5, 5.41) is 14.4. The van der Waals surface area contributed by atoms with Gasteiger partial charge in [-0.3, -0.25) is 14.6 Å². The third kappa shape index (κ3) is 5.25. The highest BCUT2D eigenvalue weighted by molar-refractivity contribution is 5.89. The molecule has 2 amide bonds. The predicted octanol–water partition coefficient (Wildman–Crippen LogP) is 2.41. The Kier molecular flexibility index (Phi) is 6.58. The van der Waals surface area contributed by atoms with Crippen molar-refractivity contribution in [1.29, 1.82) is 0 Å². The molecule has 3 aromatic heterocycles. The van der Waals surface area contributed by atoms with E-state index >= 15 is 0 Å². The first-order valence-electron chi connectivity index (χ1n) is 11.9. The molecule has 5 rings (SSSR count). The van der Waals surface area contributed by atoms with Crippen molar-refractivity contribution in [3.05, 3.63) is 78.5 Å². The minimum Gasteiger partial charge on any atom is -0.357 e. The van der Waals surface area contributed by atoms with Gasteiger partial charge < -0.3 is 20.9 Å². The van der Waals surface area contributed by atoms with Gasteiger partial charge in [0.05, 0.1) is 18.3 Å². The van der Waals surface area contributed by atoms with Gasteiger partial charge in [-0.1, -0.05) is 12.1 Å². The number of carbonyl (C=O) groups is 2. The van der Waals surface area contributed by atoms with E-state index in [-0.39, 0.29) is 23.8 Å². The number of nitrogens with one attached hydrogen (secondary N) is 4. The molecule has 35 heavy (non-hydrogen) atoms. The van der Waals surface area contributed by atoms with Crippen LogP contribution in [0.15, 0.2) is 67.3 Å². The van der Waals surface area contributed by atoms with Crippen LogP contribution < -0.4 is 16.0 Å². The lowest BCUT2D eigenvalue weighted by molar-refractivity contribution is -0.130. The third-order valence-electron chi connectivity index (χ3n) is 6.51. The number of fused-ring (bicyclic) bond motifs is 1. The lowest BCUT2D eigenvalue weighted by Crippen LogP contribution is -2.53. The maximum absolute atomic E-state index is 13.0. The molecule has 1 aliphatic rings. The second-order valence-electron chi connectivity index (χ2n) is 8.98. The molecule has 9 heteroatoms. The van der Waals surface area contributed by atoms with E-state index in [1.165, 1.54) is 5.56 Å². The molecule has 9 nitrogen and oxygen atoms in total. The Hall–Kier alpha value is -3.98. The van der Waals surface area contributed by atoms with Crippen LogP contribution in [-0.2, 0) is 16.1 Å². The van der Waals surface area contributed by atoms with Crippen molar-refractivity contribution in [2.75, 3.05) is 6.54 Å². The molecule has 0 spiro atoms. The van der Waals surface area contributed by atoms with Crippen LogP contribution in [0.25, 0.3) is 16.6 Å². The number of carbonyl (C=O) groups excluding carboxylic acids is 2. The van der Waals surface area contributed by atoms with Crippen LogP contribution in [0.3, 0.4) is 0 Å². The normalized spacial score (nSPS) is 18.8. The van der Waals surface area contributed by atoms with E-state index in [1.54, 1.807) is 25.5 Å². The van der Waals surface area contributed by atoms with Crippen molar-refractivity contribution in [1.82, 2.24) is 35.7 Å². The molecule has 4 heterocycles. The highest BCUT2D eigenvalue weighted by Crippen LogP contribution is 2.29. The number of benzene rings is 1. The Bertz CT molecular complexity index is 1280. The molecule has 1 aromatic carbocycles. The summed E-state index contributed by atoms with van der Waals surface area (Å²) >= 11 is 0. The molecule has 0 radical (unpaired) electrons. The minimum absolute atomic E-state index is 0.155. The lowest BCUT2D eigenvalue weighted by Gasteiger charge is -2.30. The Morgan fingerprint density at radius 3 is 2.94 bits per heavy atom. The first kappa shape index (κ1) is 22.8. The van der Waals surface area contributed by atoms with Gasteiger partial charge in [-0.05, 0) is 68.1 Å². The standard InChI is InChI=1S/C26H29N7O2/c1-17(25(34)29-16-21-12-20-15-27-9-7-23(20)32-21)31-26(35)24-14-19(6-10-28-24)18-4-2-5-22(13-18)33-11-3-8-30-33/h2-5,7-9,11-13,15,17,19,24,28,32H,6,10,14,16H2,1H3,(H,29,34)(H,31,35)/t17?,19-,24+/m0/s1. The van der Waals surface area contributed by atoms with Crippen molar-refractivity contribution in [3.63, 3.8) is 0 Å². The monoisotopic (exact) mass is 471 g/mol. The minimum atomic E-state index is -0.640. The zero-order valence-electron chi connectivity index (χ0n) is 19.6. The van der Waals surface area contributed by atoms with Crippen LogP contribution in [0.1, 0.15) is 36.9 Å². The van der Waals surface area contributed by atoms with Crippen LogP contribution >= 0.6 is 0 Å². The van der Waals surface area contributed by atoms with Gasteiger partial charge in [0.15, 0.2) is 0 Å². The number of hydrogen-bond donors (Lipinski definition) is 4. The van der Waals surface area contributed by atoms with Crippen molar-refractivity contribution in [2.45, 2.75) is 44.3 Å². The fraction of sp³-hybridized carbons (Fsp3) is 0.308. The summed E-state index contributed by atoms with van der Waals surface area (Å²) in [4.78, 5) is 32.9. The van der Waals surface area contributed by atoms with Gasteiger partial charge in [0.2, 0.25) is 11.8 Å². The van der Waals surface area contributed by atoms with Crippen LogP contribution in [0.4, 0.5) is 0 Å². The SMILES string of the molecule is CC(NC(=O)[C@H]1C[C@@H](c2cccc(-n3cccn3)c2)CCN1)C(=O)NCc1cc2cnccc2[nH]1. The molecular formula is C26H29N7O2. The number of hydrogen-bond acceptors (Lipinski definition) is 5. The molecule has 1 unspecified atom stereocenters. The first-order chi connectivity index (χ1) is 17.1. The van der Waals surface area contributed by atoms with E-state index in [1.807, 2.05) is 41.2 Å². The summed E-state index contributed by atoms with van der Waals surface area (Å²) < 4.78 is 1.84. The smallest absolute Gasteiger partial charge is 0.242 e. The molecule has 1 fully saturated rings. The predicted molar refractivity (Wildman–Crippen MR) is 133 cm³/mol. The van der Waals surface area contributed by atoms with E-state index in [4.69, 9.17) is 0 Å². The highest BCUT2D eigenvalue weighted by Gasteiger charge is 2.29. The maximum atomic E-state index is 13.0. The van der Waals surface area contributed by atoms with Gasteiger partial charge in [-0.2, -0.15) is 5.10 Å². The van der Waals surface area contributed by atoms with E-state index in [9.17, 15) is 9.59 Å². The lowest BCUT2D eigenvalue weighted by atomic mass is 9.86. The van der Waals surface area contributed by atoms with Crippen LogP contribution in [0.2, 0.25) is 0 Å². The fourth-order valence-electron chi connectivity index (χ4n) is 4.61. The molecule has 1 saturated heterocycles. The van der Waals surface area contributed by atoms with E-state index in [2.05, 4.69) is 43.1 Å². The second-order valence-corrected chi connectivity index (χ2v) is 8.98. The van der Waals surface area contributed by atoms with E-state index in [0.29, 0.717) is 13.0 Å². The number of pyridine rings is 1. The average molecular weight is 472 g/mol. The number of rotatable bonds is 7. The van der Waals surface area contributed by atoms with Crippen molar-refractivity contribution in [2.24, 2.45) is 0 Å². The summed E-state index contributed by atoms with van der Waals surface area (Å²) in [6.07, 6.45) is 8.79. The summed E-state index contributed by atoms with van der Waals surface area (Å²) in [7, 11) is 0. The molecule has 0 bridgehead atoms. The molecule has 0 aliphatic carbocycles. The van der Waals surface area contributed by atoms with Crippen LogP contribution in [0.5, 0.6) is 0 Å². The quantitative estimate of drug-likeness (QED) is 0.330. The molecule has 1 aliphatic heterocycles. The van der Waals surface area contributed by atoms with E-state index < -0.39 is 6.04 Å². The number of piperidine rings is 1. The third-order valence-corrected chi connectivity index (χ3v) is 6.51. The zero-order chi connectivity index (χ0) is 24.2. The van der Waals surface area contributed by atoms with Gasteiger partial charge >= 0.3 is 0 Å². The van der Waals surface area contributed by atoms with Gasteiger partial charge in [0.25, 0.3) is 0 Å². The Morgan fingerprint density at radius 2 is 2.11 bits per heavy atom. The van der Waals surface area contributed by atoms with Crippen LogP contribution in [0, 0.1) is 0 Å². The molecule has 0 saturated carbocycles. The van der Waals surface area contributed by atoms with Gasteiger partial charge in [-0.25, -0.2) is 4.68 Å². The zero-order valence-corrected chi connectivity index (χ0v) is 19.6. The first-order valence-corrected chi connectivity index (χ1v) is 11.9. The molecule has 180 valence electrons. The van der Waals surface area contributed by atoms with Gasteiger partial charge in [0, 0.05) is 41.4 Å². The molecular weight excluding hydrogens is 442 g/mol. The highest BCUT2D eigenvalue weighted by atomic mass is 16.2. The molecule has 3 atom stereocenters. The summed E-state index contributed by atoms with van der Waals surface area (Å²) in [6.45, 7) is 2.80.